The smallest absolute Gasteiger partial charge is 0.407 e. The van der Waals surface area contributed by atoms with Crippen molar-refractivity contribution in [2.75, 3.05) is 18.4 Å². The number of halogens is 1. The zero-order chi connectivity index (χ0) is 16.2. The Labute approximate surface area is 137 Å². The molecule has 1 aliphatic heterocycles. The minimum absolute atomic E-state index is 0.341. The van der Waals surface area contributed by atoms with Crippen molar-refractivity contribution in [3.05, 3.63) is 28.8 Å². The first-order valence-corrected chi connectivity index (χ1v) is 8.20. The van der Waals surface area contributed by atoms with Crippen molar-refractivity contribution < 1.29 is 9.53 Å². The number of rotatable bonds is 4. The number of fused-ring (bicyclic) bond motifs is 1. The fourth-order valence-corrected chi connectivity index (χ4v) is 2.84. The van der Waals surface area contributed by atoms with Gasteiger partial charge < -0.3 is 15.4 Å². The molecule has 1 unspecified atom stereocenters. The average Bonchev–Trinajstić information content (AvgIpc) is 2.41. The van der Waals surface area contributed by atoms with Crippen LogP contribution in [0.4, 0.5) is 10.5 Å². The monoisotopic (exact) mass is 324 g/mol. The van der Waals surface area contributed by atoms with Crippen LogP contribution < -0.4 is 10.6 Å². The van der Waals surface area contributed by atoms with Crippen LogP contribution in [-0.4, -0.2) is 24.8 Å². The Bertz CT molecular complexity index is 526. The van der Waals surface area contributed by atoms with Gasteiger partial charge in [0.2, 0.25) is 0 Å². The summed E-state index contributed by atoms with van der Waals surface area (Å²) in [5.41, 5.74) is 2.02. The normalized spacial score (nSPS) is 17.4. The summed E-state index contributed by atoms with van der Waals surface area (Å²) in [6.07, 6.45) is 2.71. The highest BCUT2D eigenvalue weighted by Gasteiger charge is 2.19. The maximum absolute atomic E-state index is 11.6. The van der Waals surface area contributed by atoms with E-state index in [2.05, 4.69) is 10.6 Å². The molecule has 1 aromatic carbocycles. The summed E-state index contributed by atoms with van der Waals surface area (Å²) in [5, 5.41) is 7.04. The Hall–Kier alpha value is -1.42. The molecule has 2 N–H and O–H groups in total. The zero-order valence-electron chi connectivity index (χ0n) is 13.5. The number of hydrogen-bond donors (Lipinski definition) is 2. The summed E-state index contributed by atoms with van der Waals surface area (Å²) < 4.78 is 5.21. The summed E-state index contributed by atoms with van der Waals surface area (Å²) in [4.78, 5) is 11.6. The molecule has 1 amide bonds. The highest BCUT2D eigenvalue weighted by Crippen LogP contribution is 2.29. The quantitative estimate of drug-likeness (QED) is 0.815. The fourth-order valence-electron chi connectivity index (χ4n) is 2.64. The van der Waals surface area contributed by atoms with Gasteiger partial charge in [-0.25, -0.2) is 4.79 Å². The summed E-state index contributed by atoms with van der Waals surface area (Å²) in [5.74, 6) is 0.575. The van der Waals surface area contributed by atoms with E-state index in [0.29, 0.717) is 12.5 Å². The predicted octanol–water partition coefficient (Wildman–Crippen LogP) is 4.23. The summed E-state index contributed by atoms with van der Waals surface area (Å²) in [7, 11) is 0. The highest BCUT2D eigenvalue weighted by molar-refractivity contribution is 6.30. The topological polar surface area (TPSA) is 50.4 Å². The van der Waals surface area contributed by atoms with E-state index in [1.54, 1.807) is 0 Å². The van der Waals surface area contributed by atoms with E-state index in [1.807, 2.05) is 39.0 Å². The lowest BCUT2D eigenvalue weighted by Gasteiger charge is -2.26. The molecule has 1 aromatic rings. The number of carbonyl (C=O) groups is 1. The molecule has 0 aromatic heterocycles. The number of benzene rings is 1. The van der Waals surface area contributed by atoms with E-state index in [-0.39, 0.29) is 6.09 Å². The van der Waals surface area contributed by atoms with Gasteiger partial charge in [-0.1, -0.05) is 11.6 Å². The second-order valence-corrected chi connectivity index (χ2v) is 7.26. The number of nitrogens with one attached hydrogen (secondary N) is 2. The van der Waals surface area contributed by atoms with E-state index >= 15 is 0 Å². The third kappa shape index (κ3) is 5.41. The van der Waals surface area contributed by atoms with Gasteiger partial charge in [-0.3, -0.25) is 0 Å². The molecule has 5 heteroatoms. The second-order valence-electron chi connectivity index (χ2n) is 6.82. The van der Waals surface area contributed by atoms with Crippen molar-refractivity contribution in [2.24, 2.45) is 5.92 Å². The van der Waals surface area contributed by atoms with Gasteiger partial charge in [-0.15, -0.1) is 0 Å². The van der Waals surface area contributed by atoms with Crippen LogP contribution in [0.15, 0.2) is 18.2 Å². The van der Waals surface area contributed by atoms with Gasteiger partial charge in [0.05, 0.1) is 0 Å². The Balaban J connectivity index is 1.70. The lowest BCUT2D eigenvalue weighted by Crippen LogP contribution is -2.33. The molecule has 1 atom stereocenters. The molecule has 4 nitrogen and oxygen atoms in total. The lowest BCUT2D eigenvalue weighted by molar-refractivity contribution is 0.0526. The fraction of sp³-hybridized carbons (Fsp3) is 0.588. The van der Waals surface area contributed by atoms with Gasteiger partial charge in [0, 0.05) is 23.8 Å². The first-order valence-electron chi connectivity index (χ1n) is 7.82. The predicted molar refractivity (Wildman–Crippen MR) is 90.6 cm³/mol. The number of carbonyl (C=O) groups excluding carboxylic acids is 1. The van der Waals surface area contributed by atoms with Gasteiger partial charge in [0.15, 0.2) is 0 Å². The maximum Gasteiger partial charge on any atom is 0.407 e. The van der Waals surface area contributed by atoms with Crippen LogP contribution in [0.25, 0.3) is 0 Å². The minimum Gasteiger partial charge on any atom is -0.444 e. The van der Waals surface area contributed by atoms with Crippen LogP contribution in [0, 0.1) is 5.92 Å². The summed E-state index contributed by atoms with van der Waals surface area (Å²) >= 11 is 6.05. The van der Waals surface area contributed by atoms with Crippen LogP contribution >= 0.6 is 11.6 Å². The Morgan fingerprint density at radius 1 is 1.45 bits per heavy atom. The van der Waals surface area contributed by atoms with E-state index < -0.39 is 5.60 Å². The first-order chi connectivity index (χ1) is 10.3. The molecule has 0 bridgehead atoms. The molecule has 0 saturated heterocycles. The van der Waals surface area contributed by atoms with Crippen molar-refractivity contribution in [3.63, 3.8) is 0 Å². The number of hydrogen-bond acceptors (Lipinski definition) is 3. The number of alkyl carbamates (subject to hydrolysis) is 1. The van der Waals surface area contributed by atoms with Gasteiger partial charge in [-0.05, 0) is 69.7 Å². The molecule has 0 radical (unpaired) electrons. The number of ether oxygens (including phenoxy) is 1. The van der Waals surface area contributed by atoms with Gasteiger partial charge in [0.1, 0.15) is 5.60 Å². The van der Waals surface area contributed by atoms with Crippen molar-refractivity contribution in [3.8, 4) is 0 Å². The van der Waals surface area contributed by atoms with Crippen molar-refractivity contribution in [1.29, 1.82) is 0 Å². The Kier molecular flexibility index (Phi) is 5.57. The molecule has 1 heterocycles. The van der Waals surface area contributed by atoms with Gasteiger partial charge in [0.25, 0.3) is 0 Å². The Morgan fingerprint density at radius 2 is 2.23 bits per heavy atom. The Morgan fingerprint density at radius 3 is 2.95 bits per heavy atom. The minimum atomic E-state index is -0.444. The van der Waals surface area contributed by atoms with Crippen molar-refractivity contribution in [1.82, 2.24) is 5.32 Å². The largest absolute Gasteiger partial charge is 0.444 e. The SMILES string of the molecule is CC(C)(C)OC(=O)NCCCC1CNc2ccc(Cl)cc2C1. The van der Waals surface area contributed by atoms with E-state index in [0.717, 1.165) is 30.8 Å². The average molecular weight is 325 g/mol. The molecule has 2 rings (SSSR count). The van der Waals surface area contributed by atoms with Gasteiger partial charge >= 0.3 is 6.09 Å². The van der Waals surface area contributed by atoms with E-state index in [9.17, 15) is 4.79 Å². The van der Waals surface area contributed by atoms with Crippen LogP contribution in [0.2, 0.25) is 5.02 Å². The third-order valence-corrected chi connectivity index (χ3v) is 3.85. The molecule has 1 aliphatic rings. The number of anilines is 1. The molecule has 0 aliphatic carbocycles. The van der Waals surface area contributed by atoms with Crippen LogP contribution in [-0.2, 0) is 11.2 Å². The van der Waals surface area contributed by atoms with E-state index in [4.69, 9.17) is 16.3 Å². The highest BCUT2D eigenvalue weighted by atomic mass is 35.5. The molecular formula is C17H25ClN2O2. The molecule has 22 heavy (non-hydrogen) atoms. The first kappa shape index (κ1) is 16.9. The zero-order valence-corrected chi connectivity index (χ0v) is 14.3. The molecular weight excluding hydrogens is 300 g/mol. The van der Waals surface area contributed by atoms with Crippen LogP contribution in [0.3, 0.4) is 0 Å². The lowest BCUT2D eigenvalue weighted by atomic mass is 9.90. The van der Waals surface area contributed by atoms with E-state index in [1.165, 1.54) is 11.3 Å². The molecule has 0 fully saturated rings. The number of amides is 1. The van der Waals surface area contributed by atoms with Crippen molar-refractivity contribution >= 4 is 23.4 Å². The standard InChI is InChI=1S/C17H25ClN2O2/c1-17(2,3)22-16(21)19-8-4-5-12-9-13-10-14(18)6-7-15(13)20-11-12/h6-7,10,12,20H,4-5,8-9,11H2,1-3H3,(H,19,21). The molecule has 122 valence electrons. The molecule has 0 spiro atoms. The maximum atomic E-state index is 11.6. The van der Waals surface area contributed by atoms with Crippen LogP contribution in [0.5, 0.6) is 0 Å². The van der Waals surface area contributed by atoms with Crippen molar-refractivity contribution in [2.45, 2.75) is 45.6 Å². The molecule has 0 saturated carbocycles. The van der Waals surface area contributed by atoms with Gasteiger partial charge in [-0.2, -0.15) is 0 Å². The van der Waals surface area contributed by atoms with Crippen LogP contribution in [0.1, 0.15) is 39.2 Å². The third-order valence-electron chi connectivity index (χ3n) is 3.61. The summed E-state index contributed by atoms with van der Waals surface area (Å²) in [6, 6.07) is 5.99. The summed E-state index contributed by atoms with van der Waals surface area (Å²) in [6.45, 7) is 7.21. The second kappa shape index (κ2) is 7.23.